The van der Waals surface area contributed by atoms with E-state index in [0.29, 0.717) is 0 Å². The summed E-state index contributed by atoms with van der Waals surface area (Å²) >= 11 is 0. The predicted octanol–water partition coefficient (Wildman–Crippen LogP) is 0.621. The van der Waals surface area contributed by atoms with Crippen LogP contribution in [-0.4, -0.2) is 74.4 Å². The van der Waals surface area contributed by atoms with E-state index in [-0.39, 0.29) is 12.1 Å². The minimum Gasteiger partial charge on any atom is -0.394 e. The number of hydrogen-bond donors (Lipinski definition) is 2. The van der Waals surface area contributed by atoms with Gasteiger partial charge >= 0.3 is 0 Å². The van der Waals surface area contributed by atoms with Crippen LogP contribution in [0.25, 0.3) is 0 Å². The van der Waals surface area contributed by atoms with Gasteiger partial charge in [-0.2, -0.15) is 0 Å². The second-order valence-electron chi connectivity index (χ2n) is 5.54. The molecule has 0 amide bonds. The van der Waals surface area contributed by atoms with Crippen molar-refractivity contribution in [1.29, 1.82) is 0 Å². The van der Waals surface area contributed by atoms with Gasteiger partial charge in [0.2, 0.25) is 0 Å². The first-order valence-electron chi connectivity index (χ1n) is 6.62. The van der Waals surface area contributed by atoms with Gasteiger partial charge in [0.15, 0.2) is 0 Å². The summed E-state index contributed by atoms with van der Waals surface area (Å²) in [6.45, 7) is 8.45. The molecule has 0 aliphatic rings. The summed E-state index contributed by atoms with van der Waals surface area (Å²) in [6, 6.07) is 0. The van der Waals surface area contributed by atoms with E-state index in [1.54, 1.807) is 0 Å². The third-order valence-corrected chi connectivity index (χ3v) is 2.91. The highest BCUT2D eigenvalue weighted by atomic mass is 16.3. The Morgan fingerprint density at radius 1 is 1.18 bits per heavy atom. The normalized spacial score (nSPS) is 15.5. The van der Waals surface area contributed by atoms with Gasteiger partial charge in [0.25, 0.3) is 0 Å². The molecule has 0 aromatic rings. The van der Waals surface area contributed by atoms with Gasteiger partial charge < -0.3 is 20.2 Å². The summed E-state index contributed by atoms with van der Waals surface area (Å²) in [4.78, 5) is 4.50. The Morgan fingerprint density at radius 3 is 2.29 bits per heavy atom. The minimum absolute atomic E-state index is 0.178. The summed E-state index contributed by atoms with van der Waals surface area (Å²) in [7, 11) is 6.32. The summed E-state index contributed by atoms with van der Waals surface area (Å²) < 4.78 is 0. The molecule has 17 heavy (non-hydrogen) atoms. The van der Waals surface area contributed by atoms with Crippen molar-refractivity contribution in [3.8, 4) is 0 Å². The average Bonchev–Trinajstić information content (AvgIpc) is 2.26. The maximum absolute atomic E-state index is 9.48. The van der Waals surface area contributed by atoms with E-state index in [1.807, 2.05) is 0 Å². The quantitative estimate of drug-likeness (QED) is 0.592. The largest absolute Gasteiger partial charge is 0.394 e. The molecule has 0 aliphatic heterocycles. The zero-order valence-corrected chi connectivity index (χ0v) is 12.3. The molecular weight excluding hydrogens is 214 g/mol. The second-order valence-corrected chi connectivity index (χ2v) is 5.54. The number of likely N-dealkylation sites (N-methyl/N-ethyl adjacent to an activating group) is 1. The molecule has 0 aliphatic carbocycles. The van der Waals surface area contributed by atoms with Gasteiger partial charge in [0.1, 0.15) is 0 Å². The molecule has 0 rings (SSSR count). The lowest BCUT2D eigenvalue weighted by atomic mass is 10.0. The number of rotatable bonds is 10. The second kappa shape index (κ2) is 8.86. The highest BCUT2D eigenvalue weighted by Crippen LogP contribution is 2.05. The molecule has 1 atom stereocenters. The monoisotopic (exact) mass is 245 g/mol. The number of aliphatic hydroxyl groups excluding tert-OH is 1. The lowest BCUT2D eigenvalue weighted by molar-refractivity contribution is 0.130. The maximum atomic E-state index is 9.48. The van der Waals surface area contributed by atoms with E-state index in [0.717, 1.165) is 32.6 Å². The van der Waals surface area contributed by atoms with Crippen LogP contribution >= 0.6 is 0 Å². The zero-order chi connectivity index (χ0) is 13.3. The van der Waals surface area contributed by atoms with Gasteiger partial charge in [0.05, 0.1) is 12.1 Å². The third kappa shape index (κ3) is 8.55. The molecule has 2 N–H and O–H groups in total. The van der Waals surface area contributed by atoms with Crippen LogP contribution < -0.4 is 5.32 Å². The molecule has 0 heterocycles. The van der Waals surface area contributed by atoms with Crippen LogP contribution in [0.1, 0.15) is 26.7 Å². The van der Waals surface area contributed by atoms with Crippen LogP contribution in [0.15, 0.2) is 0 Å². The molecule has 0 fully saturated rings. The van der Waals surface area contributed by atoms with Crippen LogP contribution in [-0.2, 0) is 0 Å². The fourth-order valence-electron chi connectivity index (χ4n) is 1.92. The highest BCUT2D eigenvalue weighted by Gasteiger charge is 2.23. The smallest absolute Gasteiger partial charge is 0.0623 e. The van der Waals surface area contributed by atoms with Crippen molar-refractivity contribution in [1.82, 2.24) is 15.1 Å². The van der Waals surface area contributed by atoms with Gasteiger partial charge in [-0.15, -0.1) is 0 Å². The Kier molecular flexibility index (Phi) is 8.78. The van der Waals surface area contributed by atoms with Crippen molar-refractivity contribution < 1.29 is 5.11 Å². The Morgan fingerprint density at radius 2 is 1.82 bits per heavy atom. The van der Waals surface area contributed by atoms with E-state index in [1.165, 1.54) is 6.42 Å². The van der Waals surface area contributed by atoms with Crippen molar-refractivity contribution in [2.45, 2.75) is 32.2 Å². The Hall–Kier alpha value is -0.160. The minimum atomic E-state index is -0.178. The fourth-order valence-corrected chi connectivity index (χ4v) is 1.92. The molecule has 0 aromatic heterocycles. The van der Waals surface area contributed by atoms with Gasteiger partial charge in [0, 0.05) is 6.54 Å². The van der Waals surface area contributed by atoms with Crippen LogP contribution in [0.4, 0.5) is 0 Å². The SMILES string of the molecule is CCCNC(C)(CO)CN(C)CCCN(C)C. The molecule has 0 radical (unpaired) electrons. The predicted molar refractivity (Wildman–Crippen MR) is 74.5 cm³/mol. The van der Waals surface area contributed by atoms with E-state index in [9.17, 15) is 5.11 Å². The first-order chi connectivity index (χ1) is 7.93. The molecule has 4 heteroatoms. The lowest BCUT2D eigenvalue weighted by Gasteiger charge is -2.33. The van der Waals surface area contributed by atoms with Crippen molar-refractivity contribution in [3.63, 3.8) is 0 Å². The van der Waals surface area contributed by atoms with E-state index in [2.05, 4.69) is 50.1 Å². The summed E-state index contributed by atoms with van der Waals surface area (Å²) in [6.07, 6.45) is 2.26. The van der Waals surface area contributed by atoms with Crippen LogP contribution in [0.5, 0.6) is 0 Å². The number of nitrogens with zero attached hydrogens (tertiary/aromatic N) is 2. The standard InChI is InChI=1S/C13H31N3O/c1-6-8-14-13(2,12-17)11-16(5)10-7-9-15(3)4/h14,17H,6-12H2,1-5H3. The Balaban J connectivity index is 3.91. The summed E-state index contributed by atoms with van der Waals surface area (Å²) in [5.41, 5.74) is -0.178. The van der Waals surface area contributed by atoms with E-state index < -0.39 is 0 Å². The topological polar surface area (TPSA) is 38.7 Å². The highest BCUT2D eigenvalue weighted by molar-refractivity contribution is 4.85. The van der Waals surface area contributed by atoms with Crippen LogP contribution in [0, 0.1) is 0 Å². The van der Waals surface area contributed by atoms with Gasteiger partial charge in [-0.05, 0) is 60.5 Å². The van der Waals surface area contributed by atoms with Crippen molar-refractivity contribution in [3.05, 3.63) is 0 Å². The molecule has 1 unspecified atom stereocenters. The molecule has 0 bridgehead atoms. The average molecular weight is 245 g/mol. The molecule has 4 nitrogen and oxygen atoms in total. The van der Waals surface area contributed by atoms with Crippen molar-refractivity contribution >= 4 is 0 Å². The lowest BCUT2D eigenvalue weighted by Crippen LogP contribution is -2.53. The third-order valence-electron chi connectivity index (χ3n) is 2.91. The summed E-state index contributed by atoms with van der Waals surface area (Å²) in [5, 5.41) is 12.9. The van der Waals surface area contributed by atoms with Gasteiger partial charge in [-0.1, -0.05) is 6.92 Å². The maximum Gasteiger partial charge on any atom is 0.0623 e. The van der Waals surface area contributed by atoms with E-state index >= 15 is 0 Å². The van der Waals surface area contributed by atoms with Gasteiger partial charge in [-0.25, -0.2) is 0 Å². The molecule has 0 spiro atoms. The molecule has 0 saturated carbocycles. The number of hydrogen-bond acceptors (Lipinski definition) is 4. The van der Waals surface area contributed by atoms with Crippen molar-refractivity contribution in [2.75, 3.05) is 53.9 Å². The van der Waals surface area contributed by atoms with Crippen LogP contribution in [0.3, 0.4) is 0 Å². The zero-order valence-electron chi connectivity index (χ0n) is 12.3. The first-order valence-corrected chi connectivity index (χ1v) is 6.62. The molecule has 0 aromatic carbocycles. The molecule has 104 valence electrons. The van der Waals surface area contributed by atoms with E-state index in [4.69, 9.17) is 0 Å². The Labute approximate surface area is 107 Å². The van der Waals surface area contributed by atoms with Crippen LogP contribution in [0.2, 0.25) is 0 Å². The van der Waals surface area contributed by atoms with Crippen molar-refractivity contribution in [2.24, 2.45) is 0 Å². The number of aliphatic hydroxyl groups is 1. The first kappa shape index (κ1) is 16.8. The number of nitrogens with one attached hydrogen (secondary N) is 1. The molecular formula is C13H31N3O. The molecule has 0 saturated heterocycles. The fraction of sp³-hybridized carbons (Fsp3) is 1.00. The summed E-state index contributed by atoms with van der Waals surface area (Å²) in [5.74, 6) is 0. The Bertz CT molecular complexity index is 188. The van der Waals surface area contributed by atoms with Gasteiger partial charge in [-0.3, -0.25) is 0 Å².